The molecule has 0 heterocycles. The molecule has 46 heavy (non-hydrogen) atoms. The zero-order valence-corrected chi connectivity index (χ0v) is 28.0. The van der Waals surface area contributed by atoms with E-state index in [9.17, 15) is 28.8 Å². The first-order chi connectivity index (χ1) is 21.5. The summed E-state index contributed by atoms with van der Waals surface area (Å²) in [5, 5.41) is 16.3. The molecule has 0 fully saturated rings. The maximum atomic E-state index is 12.7. The van der Waals surface area contributed by atoms with Gasteiger partial charge in [-0.3, -0.25) is 19.2 Å². The summed E-state index contributed by atoms with van der Waals surface area (Å²) in [5.74, 6) is -3.26. The monoisotopic (exact) mass is 663 g/mol. The van der Waals surface area contributed by atoms with E-state index in [0.717, 1.165) is 0 Å². The van der Waals surface area contributed by atoms with E-state index in [4.69, 9.17) is 33.5 Å². The Morgan fingerprint density at radius 3 is 1.67 bits per heavy atom. The molecular weight excluding hydrogens is 610 g/mol. The summed E-state index contributed by atoms with van der Waals surface area (Å²) in [6.45, 7) is 11.4. The molecule has 266 valence electrons. The number of rotatable bonds is 25. The third-order valence-corrected chi connectivity index (χ3v) is 5.23. The van der Waals surface area contributed by atoms with Crippen molar-refractivity contribution in [2.24, 2.45) is 0 Å². The molecule has 0 aliphatic carbocycles. The lowest BCUT2D eigenvalue weighted by Crippen LogP contribution is -2.45. The lowest BCUT2D eigenvalue weighted by Gasteiger charge is -2.24. The largest absolute Gasteiger partial charge is 0.480 e. The molecule has 16 nitrogen and oxygen atoms in total. The summed E-state index contributed by atoms with van der Waals surface area (Å²) >= 11 is 0. The van der Waals surface area contributed by atoms with Gasteiger partial charge in [-0.1, -0.05) is 0 Å². The smallest absolute Gasteiger partial charge is 0.329 e. The molecule has 0 aliphatic rings. The van der Waals surface area contributed by atoms with Gasteiger partial charge in [0.2, 0.25) is 17.7 Å². The van der Waals surface area contributed by atoms with Crippen LogP contribution in [0.2, 0.25) is 0 Å². The summed E-state index contributed by atoms with van der Waals surface area (Å²) in [7, 11) is 0. The normalized spacial score (nSPS) is 12.1. The maximum Gasteiger partial charge on any atom is 0.329 e. The van der Waals surface area contributed by atoms with Gasteiger partial charge in [0.15, 0.2) is 0 Å². The molecule has 3 amide bonds. The minimum absolute atomic E-state index is 0.000428. The number of hydrogen-bond donors (Lipinski definition) is 4. The van der Waals surface area contributed by atoms with Gasteiger partial charge in [0.25, 0.3) is 0 Å². The van der Waals surface area contributed by atoms with Crippen LogP contribution in [0.4, 0.5) is 0 Å². The maximum absolute atomic E-state index is 12.7. The Morgan fingerprint density at radius 2 is 1.13 bits per heavy atom. The van der Waals surface area contributed by atoms with E-state index in [-0.39, 0.29) is 103 Å². The Kier molecular flexibility index (Phi) is 22.2. The summed E-state index contributed by atoms with van der Waals surface area (Å²) < 4.78 is 31.2. The Bertz CT molecular complexity index is 945. The fraction of sp³-hybridized carbons (Fsp3) is 0.800. The van der Waals surface area contributed by atoms with Crippen molar-refractivity contribution in [1.29, 1.82) is 0 Å². The van der Waals surface area contributed by atoms with Crippen LogP contribution in [0, 0.1) is 0 Å². The Hall–Kier alpha value is -3.34. The SMILES string of the molecule is CC(C)(C)OC(=O)CCCC(=O)N[C@@H](CCC(=O)NCCOCCOCC(=O)NCCOCCOCC(=O)O)C(=O)OC(C)(C)C. The van der Waals surface area contributed by atoms with Crippen molar-refractivity contribution in [3.8, 4) is 0 Å². The van der Waals surface area contributed by atoms with Crippen LogP contribution in [-0.2, 0) is 57.2 Å². The van der Waals surface area contributed by atoms with Crippen LogP contribution in [-0.4, -0.2) is 124 Å². The van der Waals surface area contributed by atoms with E-state index in [1.165, 1.54) is 0 Å². The average molecular weight is 664 g/mol. The van der Waals surface area contributed by atoms with Crippen LogP contribution in [0.3, 0.4) is 0 Å². The van der Waals surface area contributed by atoms with Crippen LogP contribution in [0.15, 0.2) is 0 Å². The van der Waals surface area contributed by atoms with Gasteiger partial charge < -0.3 is 49.5 Å². The topological polar surface area (TPSA) is 214 Å². The number of carboxylic acids is 1. The molecule has 0 aromatic carbocycles. The molecule has 0 aromatic heterocycles. The third-order valence-electron chi connectivity index (χ3n) is 5.23. The van der Waals surface area contributed by atoms with E-state index < -0.39 is 47.7 Å². The number of carbonyl (C=O) groups excluding carboxylic acids is 5. The molecule has 0 aromatic rings. The third kappa shape index (κ3) is 28.2. The highest BCUT2D eigenvalue weighted by atomic mass is 16.6. The van der Waals surface area contributed by atoms with Gasteiger partial charge in [-0.05, 0) is 54.4 Å². The molecule has 1 atom stereocenters. The van der Waals surface area contributed by atoms with E-state index in [1.807, 2.05) is 0 Å². The number of esters is 2. The van der Waals surface area contributed by atoms with Crippen molar-refractivity contribution in [1.82, 2.24) is 16.0 Å². The average Bonchev–Trinajstić information content (AvgIpc) is 2.91. The predicted octanol–water partition coefficient (Wildman–Crippen LogP) is 0.489. The molecule has 0 unspecified atom stereocenters. The van der Waals surface area contributed by atoms with E-state index in [1.54, 1.807) is 41.5 Å². The van der Waals surface area contributed by atoms with Crippen molar-refractivity contribution >= 4 is 35.6 Å². The zero-order valence-electron chi connectivity index (χ0n) is 28.0. The highest BCUT2D eigenvalue weighted by molar-refractivity contribution is 5.85. The van der Waals surface area contributed by atoms with Crippen molar-refractivity contribution in [3.05, 3.63) is 0 Å². The number of carboxylic acid groups (broad SMARTS) is 1. The van der Waals surface area contributed by atoms with E-state index in [2.05, 4.69) is 16.0 Å². The van der Waals surface area contributed by atoms with E-state index in [0.29, 0.717) is 0 Å². The number of nitrogens with one attached hydrogen (secondary N) is 3. The summed E-state index contributed by atoms with van der Waals surface area (Å²) in [6.07, 6.45) is 0.264. The highest BCUT2D eigenvalue weighted by Gasteiger charge is 2.27. The molecule has 0 aliphatic heterocycles. The van der Waals surface area contributed by atoms with Crippen LogP contribution in [0.5, 0.6) is 0 Å². The second kappa shape index (κ2) is 23.9. The quantitative estimate of drug-likeness (QED) is 0.0774. The molecule has 16 heteroatoms. The first-order valence-electron chi connectivity index (χ1n) is 15.3. The fourth-order valence-electron chi connectivity index (χ4n) is 3.38. The van der Waals surface area contributed by atoms with Gasteiger partial charge in [-0.15, -0.1) is 0 Å². The van der Waals surface area contributed by atoms with Crippen molar-refractivity contribution < 1.29 is 62.3 Å². The van der Waals surface area contributed by atoms with Gasteiger partial charge in [-0.25, -0.2) is 9.59 Å². The zero-order chi connectivity index (χ0) is 35.0. The number of hydrogen-bond acceptors (Lipinski definition) is 12. The van der Waals surface area contributed by atoms with Crippen molar-refractivity contribution in [3.63, 3.8) is 0 Å². The predicted molar refractivity (Wildman–Crippen MR) is 164 cm³/mol. The highest BCUT2D eigenvalue weighted by Crippen LogP contribution is 2.12. The molecule has 0 rings (SSSR count). The summed E-state index contributed by atoms with van der Waals surface area (Å²) in [4.78, 5) is 71.3. The van der Waals surface area contributed by atoms with Gasteiger partial charge in [0.1, 0.15) is 30.5 Å². The molecule has 0 bridgehead atoms. The van der Waals surface area contributed by atoms with Gasteiger partial charge in [0, 0.05) is 32.4 Å². The number of aliphatic carboxylic acids is 1. The standard InChI is InChI=1S/C30H53N3O13/c1-29(2,3)45-27(39)9-7-8-24(35)33-22(28(40)46-30(4,5)6)10-11-23(34)31-12-14-41-16-18-43-20-25(36)32-13-15-42-17-19-44-21-26(37)38/h22H,7-21H2,1-6H3,(H,31,34)(H,32,36)(H,33,35)(H,37,38)/t22-/m0/s1. The summed E-state index contributed by atoms with van der Waals surface area (Å²) in [5.41, 5.74) is -1.41. The van der Waals surface area contributed by atoms with Crippen molar-refractivity contribution in [2.45, 2.75) is 90.9 Å². The lowest BCUT2D eigenvalue weighted by atomic mass is 10.1. The molecule has 4 N–H and O–H groups in total. The molecular formula is C30H53N3O13. The van der Waals surface area contributed by atoms with E-state index >= 15 is 0 Å². The second-order valence-corrected chi connectivity index (χ2v) is 12.1. The minimum atomic E-state index is -1.06. The fourth-order valence-corrected chi connectivity index (χ4v) is 3.38. The van der Waals surface area contributed by atoms with Gasteiger partial charge >= 0.3 is 17.9 Å². The summed E-state index contributed by atoms with van der Waals surface area (Å²) in [6, 6.07) is -1.04. The molecule has 0 spiro atoms. The number of ether oxygens (including phenoxy) is 6. The first-order valence-corrected chi connectivity index (χ1v) is 15.3. The Morgan fingerprint density at radius 1 is 0.609 bits per heavy atom. The minimum Gasteiger partial charge on any atom is -0.480 e. The Labute approximate surface area is 270 Å². The number of amides is 3. The van der Waals surface area contributed by atoms with Gasteiger partial charge in [0.05, 0.1) is 39.6 Å². The number of carbonyl (C=O) groups is 6. The second-order valence-electron chi connectivity index (χ2n) is 12.1. The van der Waals surface area contributed by atoms with Gasteiger partial charge in [-0.2, -0.15) is 0 Å². The molecule has 0 saturated carbocycles. The van der Waals surface area contributed by atoms with Crippen LogP contribution >= 0.6 is 0 Å². The Balaban J connectivity index is 4.17. The van der Waals surface area contributed by atoms with Crippen LogP contribution < -0.4 is 16.0 Å². The van der Waals surface area contributed by atoms with Crippen LogP contribution in [0.25, 0.3) is 0 Å². The lowest BCUT2D eigenvalue weighted by molar-refractivity contribution is -0.159. The van der Waals surface area contributed by atoms with Crippen molar-refractivity contribution in [2.75, 3.05) is 65.9 Å². The molecule has 0 radical (unpaired) electrons. The molecule has 0 saturated heterocycles. The van der Waals surface area contributed by atoms with Crippen LogP contribution in [0.1, 0.15) is 73.6 Å². The first kappa shape index (κ1) is 42.7.